The van der Waals surface area contributed by atoms with E-state index in [0.29, 0.717) is 45.2 Å². The zero-order valence-electron chi connectivity index (χ0n) is 30.4. The SMILES string of the molecule is Cc1cc(O)cc(C)c1C[C@H](CC(=O)[C@H](N)CCCN=C(N)N)C(=O)N[C@@H](CCCCN)C(=O)C[C@@H](Cc1ccc(-c2ccccc2)cc1)C(N)=O. The number of unbranched alkanes of at least 4 members (excludes halogenated alkanes) is 1. The smallest absolute Gasteiger partial charge is 0.224 e. The Balaban J connectivity index is 1.80. The molecule has 0 bridgehead atoms. The van der Waals surface area contributed by atoms with Crippen LogP contribution in [0.25, 0.3) is 11.1 Å². The fourth-order valence-electron chi connectivity index (χ4n) is 6.37. The Morgan fingerprint density at radius 3 is 1.98 bits per heavy atom. The molecule has 12 heteroatoms. The van der Waals surface area contributed by atoms with Gasteiger partial charge in [-0.2, -0.15) is 0 Å². The van der Waals surface area contributed by atoms with E-state index in [4.69, 9.17) is 28.7 Å². The van der Waals surface area contributed by atoms with Crippen molar-refractivity contribution in [2.45, 2.75) is 83.7 Å². The molecule has 0 fully saturated rings. The molecule has 12 N–H and O–H groups in total. The highest BCUT2D eigenvalue weighted by Gasteiger charge is 2.31. The van der Waals surface area contributed by atoms with Gasteiger partial charge in [0.2, 0.25) is 11.8 Å². The third-order valence-electron chi connectivity index (χ3n) is 9.38. The number of primary amides is 1. The molecule has 12 nitrogen and oxygen atoms in total. The second-order valence-electron chi connectivity index (χ2n) is 13.6. The van der Waals surface area contributed by atoms with Gasteiger partial charge in [0.15, 0.2) is 11.7 Å². The van der Waals surface area contributed by atoms with Crippen LogP contribution < -0.4 is 34.0 Å². The summed E-state index contributed by atoms with van der Waals surface area (Å²) in [6.45, 7) is 4.38. The fraction of sp³-hybridized carbons (Fsp3) is 0.425. The highest BCUT2D eigenvalue weighted by molar-refractivity contribution is 5.94. The van der Waals surface area contributed by atoms with Gasteiger partial charge in [-0.15, -0.1) is 0 Å². The van der Waals surface area contributed by atoms with Crippen LogP contribution in [0.1, 0.15) is 67.2 Å². The Morgan fingerprint density at radius 2 is 1.38 bits per heavy atom. The van der Waals surface area contributed by atoms with E-state index in [9.17, 15) is 24.3 Å². The molecule has 0 spiro atoms. The lowest BCUT2D eigenvalue weighted by Crippen LogP contribution is -2.46. The number of hydrogen-bond acceptors (Lipinski definition) is 8. The molecular formula is C40H55N7O5. The van der Waals surface area contributed by atoms with Crippen LogP contribution in [0.4, 0.5) is 0 Å². The number of nitrogens with zero attached hydrogens (tertiary/aromatic N) is 1. The first-order valence-electron chi connectivity index (χ1n) is 17.9. The molecule has 0 saturated heterocycles. The van der Waals surface area contributed by atoms with Crippen molar-refractivity contribution in [2.24, 2.45) is 45.5 Å². The van der Waals surface area contributed by atoms with Crippen LogP contribution >= 0.6 is 0 Å². The normalized spacial score (nSPS) is 13.4. The van der Waals surface area contributed by atoms with Crippen LogP contribution in [0.3, 0.4) is 0 Å². The molecule has 4 atom stereocenters. The highest BCUT2D eigenvalue weighted by Crippen LogP contribution is 2.26. The van der Waals surface area contributed by atoms with Crippen molar-refractivity contribution >= 4 is 29.3 Å². The van der Waals surface area contributed by atoms with Crippen LogP contribution in [-0.2, 0) is 32.0 Å². The summed E-state index contributed by atoms with van der Waals surface area (Å²) in [6, 6.07) is 19.1. The lowest BCUT2D eigenvalue weighted by atomic mass is 9.86. The third kappa shape index (κ3) is 13.2. The van der Waals surface area contributed by atoms with Gasteiger partial charge in [-0.25, -0.2) is 0 Å². The van der Waals surface area contributed by atoms with E-state index in [1.165, 1.54) is 0 Å². The number of ketones is 2. The van der Waals surface area contributed by atoms with E-state index in [2.05, 4.69) is 10.3 Å². The van der Waals surface area contributed by atoms with Gasteiger partial charge in [-0.1, -0.05) is 54.6 Å². The van der Waals surface area contributed by atoms with Crippen LogP contribution in [0.15, 0.2) is 71.7 Å². The maximum Gasteiger partial charge on any atom is 0.224 e. The number of carbonyl (C=O) groups excluding carboxylic acids is 4. The molecule has 280 valence electrons. The number of phenols is 1. The number of aromatic hydroxyl groups is 1. The molecule has 3 rings (SSSR count). The van der Waals surface area contributed by atoms with Crippen molar-refractivity contribution in [1.29, 1.82) is 0 Å². The Labute approximate surface area is 306 Å². The van der Waals surface area contributed by atoms with Crippen LogP contribution in [0.2, 0.25) is 0 Å². The number of nitrogens with two attached hydrogens (primary N) is 5. The first kappa shape index (κ1) is 41.4. The summed E-state index contributed by atoms with van der Waals surface area (Å²) >= 11 is 0. The number of phenolic OH excluding ortho intramolecular Hbond substituents is 1. The summed E-state index contributed by atoms with van der Waals surface area (Å²) in [5, 5.41) is 13.0. The summed E-state index contributed by atoms with van der Waals surface area (Å²) in [5.41, 5.74) is 33.8. The quantitative estimate of drug-likeness (QED) is 0.0459. The zero-order chi connectivity index (χ0) is 38.2. The van der Waals surface area contributed by atoms with Crippen molar-refractivity contribution in [1.82, 2.24) is 5.32 Å². The molecule has 0 aliphatic rings. The first-order chi connectivity index (χ1) is 24.8. The summed E-state index contributed by atoms with van der Waals surface area (Å²) < 4.78 is 0. The highest BCUT2D eigenvalue weighted by atomic mass is 16.3. The number of nitrogens with one attached hydrogen (secondary N) is 1. The number of guanidine groups is 1. The molecule has 52 heavy (non-hydrogen) atoms. The van der Waals surface area contributed by atoms with Crippen molar-refractivity contribution in [3.8, 4) is 16.9 Å². The summed E-state index contributed by atoms with van der Waals surface area (Å²) in [6.07, 6.45) is 2.43. The van der Waals surface area contributed by atoms with Gasteiger partial charge in [0.05, 0.1) is 12.1 Å². The van der Waals surface area contributed by atoms with Gasteiger partial charge in [0, 0.05) is 31.2 Å². The Hall–Kier alpha value is -5.07. The van der Waals surface area contributed by atoms with Crippen LogP contribution in [0, 0.1) is 25.7 Å². The molecule has 0 aliphatic carbocycles. The molecule has 0 heterocycles. The lowest BCUT2D eigenvalue weighted by molar-refractivity contribution is -0.133. The fourth-order valence-corrected chi connectivity index (χ4v) is 6.37. The molecule has 0 radical (unpaired) electrons. The van der Waals surface area contributed by atoms with E-state index < -0.39 is 35.7 Å². The second-order valence-corrected chi connectivity index (χ2v) is 13.6. The maximum absolute atomic E-state index is 14.1. The summed E-state index contributed by atoms with van der Waals surface area (Å²) in [4.78, 5) is 57.9. The number of aryl methyl sites for hydroxylation is 2. The predicted octanol–water partition coefficient (Wildman–Crippen LogP) is 3.09. The molecule has 0 aliphatic heterocycles. The average Bonchev–Trinajstić information content (AvgIpc) is 3.10. The van der Waals surface area contributed by atoms with E-state index >= 15 is 0 Å². The van der Waals surface area contributed by atoms with E-state index in [1.54, 1.807) is 12.1 Å². The minimum Gasteiger partial charge on any atom is -0.508 e. The zero-order valence-corrected chi connectivity index (χ0v) is 30.4. The van der Waals surface area contributed by atoms with E-state index in [-0.39, 0.29) is 49.0 Å². The lowest BCUT2D eigenvalue weighted by Gasteiger charge is -2.25. The van der Waals surface area contributed by atoms with E-state index in [0.717, 1.165) is 33.4 Å². The van der Waals surface area contributed by atoms with Gasteiger partial charge < -0.3 is 39.1 Å². The number of amides is 2. The number of Topliss-reactive ketones (excluding diaryl/α,β-unsaturated/α-hetero) is 2. The summed E-state index contributed by atoms with van der Waals surface area (Å²) in [5.74, 6) is -3.33. The van der Waals surface area contributed by atoms with Crippen molar-refractivity contribution in [3.63, 3.8) is 0 Å². The first-order valence-corrected chi connectivity index (χ1v) is 17.9. The molecule has 3 aromatic rings. The number of carbonyl (C=O) groups is 4. The molecule has 0 aromatic heterocycles. The number of benzene rings is 3. The van der Waals surface area contributed by atoms with Gasteiger partial charge in [-0.3, -0.25) is 24.2 Å². The Morgan fingerprint density at radius 1 is 0.769 bits per heavy atom. The van der Waals surface area contributed by atoms with Gasteiger partial charge in [0.1, 0.15) is 11.5 Å². The van der Waals surface area contributed by atoms with Crippen LogP contribution in [0.5, 0.6) is 5.75 Å². The molecule has 3 aromatic carbocycles. The Bertz CT molecular complexity index is 1650. The Kier molecular flexibility index (Phi) is 16.5. The minimum atomic E-state index is -0.922. The van der Waals surface area contributed by atoms with Gasteiger partial charge in [0.25, 0.3) is 0 Å². The molecule has 0 unspecified atom stereocenters. The predicted molar refractivity (Wildman–Crippen MR) is 205 cm³/mol. The van der Waals surface area contributed by atoms with Crippen molar-refractivity contribution < 1.29 is 24.3 Å². The van der Waals surface area contributed by atoms with Crippen LogP contribution in [-0.4, -0.2) is 59.6 Å². The van der Waals surface area contributed by atoms with Crippen molar-refractivity contribution in [3.05, 3.63) is 89.0 Å². The maximum atomic E-state index is 14.1. The van der Waals surface area contributed by atoms with Crippen molar-refractivity contribution in [2.75, 3.05) is 13.1 Å². The van der Waals surface area contributed by atoms with E-state index in [1.807, 2.05) is 68.4 Å². The number of aliphatic imine (C=N–C) groups is 1. The standard InChI is InChI=1S/C40H55N7O5/c1-25-19-32(48)20-26(2)33(25)22-31(24-36(49)34(42)11-8-18-46-40(44)45)39(52)47-35(12-6-7-17-41)37(50)23-30(38(43)51)21-27-13-15-29(16-14-27)28-9-4-3-5-10-28/h3-5,9-10,13-16,19-20,30-31,34-35,48H,6-8,11-12,17-18,21-24,41-42H2,1-2H3,(H2,43,51)(H,47,52)(H4,44,45,46)/t30-,31-,34-,35+/m1/s1. The van der Waals surface area contributed by atoms with Gasteiger partial charge in [-0.05, 0) is 111 Å². The topological polar surface area (TPSA) is 243 Å². The second kappa shape index (κ2) is 20.7. The number of hydrogen-bond donors (Lipinski definition) is 7. The third-order valence-corrected chi connectivity index (χ3v) is 9.38. The number of rotatable bonds is 22. The minimum absolute atomic E-state index is 0.0496. The molecule has 0 saturated carbocycles. The monoisotopic (exact) mass is 713 g/mol. The van der Waals surface area contributed by atoms with Gasteiger partial charge >= 0.3 is 0 Å². The summed E-state index contributed by atoms with van der Waals surface area (Å²) in [7, 11) is 0. The largest absolute Gasteiger partial charge is 0.508 e. The molecular weight excluding hydrogens is 658 g/mol. The average molecular weight is 714 g/mol. The molecule has 2 amide bonds.